The van der Waals surface area contributed by atoms with E-state index in [1.165, 1.54) is 110 Å². The van der Waals surface area contributed by atoms with Gasteiger partial charge in [-0.25, -0.2) is 0 Å². The molecule has 5 heterocycles. The molecule has 0 aliphatic carbocycles. The van der Waals surface area contributed by atoms with E-state index in [0.717, 1.165) is 22.7 Å². The Morgan fingerprint density at radius 1 is 0.411 bits per heavy atom. The number of hydrogen-bond acceptors (Lipinski definition) is 2. The van der Waals surface area contributed by atoms with Crippen LogP contribution in [-0.2, 0) is 32.5 Å². The van der Waals surface area contributed by atoms with Crippen molar-refractivity contribution in [2.45, 2.75) is 157 Å². The van der Waals surface area contributed by atoms with Crippen molar-refractivity contribution >= 4 is 83.7 Å². The monoisotopic (exact) mass is 960 g/mol. The second-order valence-corrected chi connectivity index (χ2v) is 28.0. The zero-order chi connectivity index (χ0) is 52.0. The molecule has 0 spiro atoms. The van der Waals surface area contributed by atoms with Crippen molar-refractivity contribution in [3.63, 3.8) is 0 Å². The second-order valence-electron chi connectivity index (χ2n) is 28.0. The van der Waals surface area contributed by atoms with Gasteiger partial charge in [0.05, 0.1) is 27.8 Å². The number of aromatic nitrogens is 2. The standard InChI is InChI=1S/C68H74BN3O/c1-63(2,3)39-24-28-45(29-25-39)72-59-50-35-42(66(10,11)12)36-51(68(16,17)18)61(50)73-62(59)49-34-43(67(13,14)15)37-55-57(49)69(72)52-38-47-46-32-40(64(4,5)6)26-30-53(46)70(44-22-20-19-21-23-44)58(47)56-48-33-41(65(7,8)9)27-31-54(48)71(55)60(52)56/h19-38H,1-18H3. The predicted octanol–water partition coefficient (Wildman–Crippen LogP) is 17.6. The van der Waals surface area contributed by atoms with Gasteiger partial charge in [0.2, 0.25) is 0 Å². The lowest BCUT2D eigenvalue weighted by atomic mass is 9.44. The molecule has 0 radical (unpaired) electrons. The fraction of sp³-hybridized carbons (Fsp3) is 0.353. The Balaban J connectivity index is 1.35. The third-order valence-corrected chi connectivity index (χ3v) is 16.6. The first-order valence-electron chi connectivity index (χ1n) is 26.9. The number of para-hydroxylation sites is 1. The highest BCUT2D eigenvalue weighted by Gasteiger charge is 2.48. The Kier molecular flexibility index (Phi) is 9.82. The summed E-state index contributed by atoms with van der Waals surface area (Å²) >= 11 is 0. The Bertz CT molecular complexity index is 3940. The first-order chi connectivity index (χ1) is 34.0. The van der Waals surface area contributed by atoms with Crippen molar-refractivity contribution < 1.29 is 4.42 Å². The van der Waals surface area contributed by atoms with E-state index < -0.39 is 0 Å². The van der Waals surface area contributed by atoms with Gasteiger partial charge in [0, 0.05) is 55.1 Å². The zero-order valence-electron chi connectivity index (χ0n) is 46.9. The van der Waals surface area contributed by atoms with Crippen molar-refractivity contribution in [3.8, 4) is 22.7 Å². The molecule has 0 saturated carbocycles. The number of nitrogens with zero attached hydrogens (tertiary/aromatic N) is 3. The van der Waals surface area contributed by atoms with E-state index in [4.69, 9.17) is 4.42 Å². The number of furan rings is 1. The number of anilines is 2. The summed E-state index contributed by atoms with van der Waals surface area (Å²) in [5.74, 6) is 0.952. The highest BCUT2D eigenvalue weighted by molar-refractivity contribution is 6.94. The Morgan fingerprint density at radius 2 is 0.945 bits per heavy atom. The van der Waals surface area contributed by atoms with E-state index in [1.807, 2.05) is 0 Å². The van der Waals surface area contributed by atoms with Crippen LogP contribution in [0.15, 0.2) is 126 Å². The van der Waals surface area contributed by atoms with Crippen LogP contribution in [0.2, 0.25) is 0 Å². The molecule has 0 unspecified atom stereocenters. The Hall–Kier alpha value is -6.46. The minimum atomic E-state index is -0.198. The molecule has 4 nitrogen and oxygen atoms in total. The molecule has 370 valence electrons. The van der Waals surface area contributed by atoms with Crippen molar-refractivity contribution in [2.75, 3.05) is 4.81 Å². The van der Waals surface area contributed by atoms with Gasteiger partial charge in [-0.05, 0) is 138 Å². The van der Waals surface area contributed by atoms with Gasteiger partial charge in [0.25, 0.3) is 0 Å². The molecule has 0 bridgehead atoms. The summed E-state index contributed by atoms with van der Waals surface area (Å²) in [6.07, 6.45) is 0. The second kappa shape index (κ2) is 15.1. The molecule has 7 aromatic carbocycles. The van der Waals surface area contributed by atoms with Gasteiger partial charge in [-0.3, -0.25) is 0 Å². The Labute approximate surface area is 434 Å². The topological polar surface area (TPSA) is 26.2 Å². The van der Waals surface area contributed by atoms with Gasteiger partial charge in [-0.15, -0.1) is 0 Å². The van der Waals surface area contributed by atoms with E-state index in [2.05, 4.69) is 260 Å². The van der Waals surface area contributed by atoms with Crippen LogP contribution in [0.4, 0.5) is 11.4 Å². The summed E-state index contributed by atoms with van der Waals surface area (Å²) in [7, 11) is 0. The average Bonchev–Trinajstić information content (AvgIpc) is 3.96. The van der Waals surface area contributed by atoms with Crippen LogP contribution in [0.1, 0.15) is 158 Å². The molecule has 12 rings (SSSR count). The maximum absolute atomic E-state index is 7.67. The van der Waals surface area contributed by atoms with Gasteiger partial charge >= 0.3 is 6.85 Å². The third-order valence-electron chi connectivity index (χ3n) is 16.6. The molecular formula is C68H74BN3O. The maximum atomic E-state index is 7.67. The van der Waals surface area contributed by atoms with E-state index in [0.29, 0.717) is 0 Å². The minimum Gasteiger partial charge on any atom is -0.454 e. The van der Waals surface area contributed by atoms with E-state index >= 15 is 0 Å². The average molecular weight is 960 g/mol. The van der Waals surface area contributed by atoms with E-state index in [1.54, 1.807) is 0 Å². The van der Waals surface area contributed by atoms with Crippen LogP contribution < -0.4 is 15.7 Å². The van der Waals surface area contributed by atoms with Gasteiger partial charge in [0.15, 0.2) is 5.76 Å². The minimum absolute atomic E-state index is 0.00592. The quantitative estimate of drug-likeness (QED) is 0.161. The number of rotatable bonds is 2. The highest BCUT2D eigenvalue weighted by Crippen LogP contribution is 2.54. The van der Waals surface area contributed by atoms with Gasteiger partial charge in [-0.2, -0.15) is 0 Å². The third kappa shape index (κ3) is 7.07. The fourth-order valence-corrected chi connectivity index (χ4v) is 12.3. The van der Waals surface area contributed by atoms with Crippen LogP contribution in [0.25, 0.3) is 77.3 Å². The van der Waals surface area contributed by atoms with Crippen molar-refractivity contribution in [3.05, 3.63) is 155 Å². The Morgan fingerprint density at radius 3 is 1.52 bits per heavy atom. The normalized spacial score (nSPS) is 14.4. The molecule has 2 aliphatic rings. The van der Waals surface area contributed by atoms with Crippen LogP contribution in [0.3, 0.4) is 0 Å². The molecule has 10 aromatic rings. The number of benzene rings is 7. The van der Waals surface area contributed by atoms with Crippen LogP contribution in [0.5, 0.6) is 0 Å². The summed E-state index contributed by atoms with van der Waals surface area (Å²) in [6.45, 7) is 42.0. The largest absolute Gasteiger partial charge is 0.454 e. The van der Waals surface area contributed by atoms with Gasteiger partial charge < -0.3 is 18.4 Å². The maximum Gasteiger partial charge on any atom is 0.333 e. The summed E-state index contributed by atoms with van der Waals surface area (Å²) in [5, 5.41) is 6.32. The van der Waals surface area contributed by atoms with Gasteiger partial charge in [-0.1, -0.05) is 179 Å². The summed E-state index contributed by atoms with van der Waals surface area (Å²) in [6, 6.07) is 47.7. The molecule has 3 aromatic heterocycles. The zero-order valence-corrected chi connectivity index (χ0v) is 46.9. The molecule has 2 aliphatic heterocycles. The summed E-state index contributed by atoms with van der Waals surface area (Å²) < 4.78 is 12.9. The summed E-state index contributed by atoms with van der Waals surface area (Å²) in [4.78, 5) is 2.70. The highest BCUT2D eigenvalue weighted by atomic mass is 16.3. The van der Waals surface area contributed by atoms with Crippen LogP contribution in [-0.4, -0.2) is 16.0 Å². The van der Waals surface area contributed by atoms with Gasteiger partial charge in [0.1, 0.15) is 5.58 Å². The van der Waals surface area contributed by atoms with Crippen molar-refractivity contribution in [2.24, 2.45) is 0 Å². The first-order valence-corrected chi connectivity index (χ1v) is 26.9. The van der Waals surface area contributed by atoms with E-state index in [-0.39, 0.29) is 39.3 Å². The van der Waals surface area contributed by atoms with Crippen molar-refractivity contribution in [1.82, 2.24) is 9.13 Å². The fourth-order valence-electron chi connectivity index (χ4n) is 12.3. The summed E-state index contributed by atoms with van der Waals surface area (Å²) in [5.41, 5.74) is 21.8. The first kappa shape index (κ1) is 47.5. The molecule has 0 atom stereocenters. The molecule has 0 N–H and O–H groups in total. The lowest BCUT2D eigenvalue weighted by Gasteiger charge is -2.41. The molecule has 0 amide bonds. The number of fused-ring (bicyclic) bond motifs is 13. The SMILES string of the molecule is CC(C)(C)c1ccc(N2B3c4c(cc(C(C)(C)C)cc4-n4c5ccc(C(C)(C)C)cc5c5c4c3cc3c4cc(C(C)(C)C)ccc4n(-c4ccccc4)c35)-c3oc4c(C(C)(C)C)cc(C(C)(C)C)cc4c32)cc1. The molecule has 0 saturated heterocycles. The van der Waals surface area contributed by atoms with Crippen LogP contribution >= 0.6 is 0 Å². The number of hydrogen-bond donors (Lipinski definition) is 0. The van der Waals surface area contributed by atoms with Crippen LogP contribution in [0, 0.1) is 0 Å². The smallest absolute Gasteiger partial charge is 0.333 e. The lowest BCUT2D eigenvalue weighted by Crippen LogP contribution is -2.60. The predicted molar refractivity (Wildman–Crippen MR) is 316 cm³/mol. The van der Waals surface area contributed by atoms with E-state index in [9.17, 15) is 0 Å². The molecule has 5 heteroatoms. The molecule has 0 fully saturated rings. The molecular weight excluding hydrogens is 886 g/mol. The lowest BCUT2D eigenvalue weighted by molar-refractivity contribution is 0.553. The van der Waals surface area contributed by atoms with Crippen molar-refractivity contribution in [1.29, 1.82) is 0 Å². The molecule has 73 heavy (non-hydrogen) atoms.